The van der Waals surface area contributed by atoms with Crippen molar-refractivity contribution >= 4 is 23.3 Å². The third-order valence-electron chi connectivity index (χ3n) is 6.39. The predicted molar refractivity (Wildman–Crippen MR) is 134 cm³/mol. The van der Waals surface area contributed by atoms with Gasteiger partial charge in [0.15, 0.2) is 0 Å². The van der Waals surface area contributed by atoms with Gasteiger partial charge in [-0.05, 0) is 48.9 Å². The van der Waals surface area contributed by atoms with Crippen LogP contribution in [-0.2, 0) is 16.1 Å². The van der Waals surface area contributed by atoms with Gasteiger partial charge in [-0.2, -0.15) is 0 Å². The summed E-state index contributed by atoms with van der Waals surface area (Å²) in [5.41, 5.74) is 3.03. The highest BCUT2D eigenvalue weighted by Crippen LogP contribution is 2.47. The van der Waals surface area contributed by atoms with E-state index in [1.54, 1.807) is 12.3 Å². The van der Waals surface area contributed by atoms with Gasteiger partial charge in [0.25, 0.3) is 0 Å². The number of para-hydroxylation sites is 1. The standard InChI is InChI=1S/C27H28N4O5/c32-16-24-26-22(13-20(35-24)14-25(33)29-15-19-8-4-5-11-28-19)21-12-18(9-10-23(21)36-26)31-27(34)30-17-6-2-1-3-7-17/h1-12,20,22,24,26,32H,13-16H2,(H,29,33)(H2,30,31,34)/t20-,22+,24+,26-/m0/s1. The molecule has 1 aromatic heterocycles. The van der Waals surface area contributed by atoms with E-state index in [2.05, 4.69) is 20.9 Å². The fourth-order valence-electron chi connectivity index (χ4n) is 4.75. The summed E-state index contributed by atoms with van der Waals surface area (Å²) >= 11 is 0. The third kappa shape index (κ3) is 5.48. The lowest BCUT2D eigenvalue weighted by atomic mass is 9.84. The first kappa shape index (κ1) is 23.8. The average molecular weight is 489 g/mol. The Labute approximate surface area is 208 Å². The number of aliphatic hydroxyl groups is 1. The summed E-state index contributed by atoms with van der Waals surface area (Å²) in [6.45, 7) is 0.125. The molecule has 2 aliphatic rings. The first-order chi connectivity index (χ1) is 17.6. The Morgan fingerprint density at radius 3 is 2.58 bits per heavy atom. The van der Waals surface area contributed by atoms with Gasteiger partial charge in [-0.15, -0.1) is 0 Å². The zero-order chi connectivity index (χ0) is 24.9. The molecule has 5 rings (SSSR count). The molecule has 0 bridgehead atoms. The monoisotopic (exact) mass is 488 g/mol. The second-order valence-electron chi connectivity index (χ2n) is 8.90. The number of hydrogen-bond donors (Lipinski definition) is 4. The molecule has 9 heteroatoms. The van der Waals surface area contributed by atoms with E-state index in [4.69, 9.17) is 9.47 Å². The van der Waals surface area contributed by atoms with Crippen molar-refractivity contribution in [2.45, 2.75) is 43.6 Å². The molecule has 186 valence electrons. The van der Waals surface area contributed by atoms with E-state index in [1.165, 1.54) is 0 Å². The molecule has 3 amide bonds. The smallest absolute Gasteiger partial charge is 0.323 e. The lowest BCUT2D eigenvalue weighted by Gasteiger charge is -2.37. The van der Waals surface area contributed by atoms with Crippen molar-refractivity contribution in [2.75, 3.05) is 17.2 Å². The number of aliphatic hydroxyl groups excluding tert-OH is 1. The van der Waals surface area contributed by atoms with Gasteiger partial charge >= 0.3 is 6.03 Å². The molecule has 9 nitrogen and oxygen atoms in total. The van der Waals surface area contributed by atoms with Crippen LogP contribution in [0.1, 0.15) is 30.0 Å². The maximum Gasteiger partial charge on any atom is 0.323 e. The minimum Gasteiger partial charge on any atom is -0.487 e. The Hall–Kier alpha value is -3.95. The molecular weight excluding hydrogens is 460 g/mol. The highest BCUT2D eigenvalue weighted by molar-refractivity contribution is 5.99. The van der Waals surface area contributed by atoms with Crippen molar-refractivity contribution < 1.29 is 24.2 Å². The Morgan fingerprint density at radius 1 is 1.00 bits per heavy atom. The van der Waals surface area contributed by atoms with Crippen molar-refractivity contribution in [2.24, 2.45) is 0 Å². The number of nitrogens with zero attached hydrogens (tertiary/aromatic N) is 1. The highest BCUT2D eigenvalue weighted by Gasteiger charge is 2.46. The fraction of sp³-hybridized carbons (Fsp3) is 0.296. The number of nitrogens with one attached hydrogen (secondary N) is 3. The number of benzene rings is 2. The van der Waals surface area contributed by atoms with Crippen LogP contribution in [0.2, 0.25) is 0 Å². The number of amides is 3. The molecule has 4 atom stereocenters. The summed E-state index contributed by atoms with van der Waals surface area (Å²) in [6, 6.07) is 19.9. The Morgan fingerprint density at radius 2 is 1.81 bits per heavy atom. The van der Waals surface area contributed by atoms with E-state index in [9.17, 15) is 14.7 Å². The number of urea groups is 1. The van der Waals surface area contributed by atoms with Crippen LogP contribution in [-0.4, -0.2) is 46.9 Å². The van der Waals surface area contributed by atoms with Crippen molar-refractivity contribution in [3.8, 4) is 5.75 Å². The molecule has 0 radical (unpaired) electrons. The molecule has 1 saturated heterocycles. The zero-order valence-electron chi connectivity index (χ0n) is 19.6. The van der Waals surface area contributed by atoms with Gasteiger partial charge in [0, 0.05) is 29.1 Å². The van der Waals surface area contributed by atoms with Gasteiger partial charge < -0.3 is 30.5 Å². The second kappa shape index (κ2) is 10.8. The van der Waals surface area contributed by atoms with E-state index in [1.807, 2.05) is 60.7 Å². The Balaban J connectivity index is 1.24. The zero-order valence-corrected chi connectivity index (χ0v) is 19.6. The molecular formula is C27H28N4O5. The van der Waals surface area contributed by atoms with Crippen molar-refractivity contribution in [1.29, 1.82) is 0 Å². The van der Waals surface area contributed by atoms with E-state index < -0.39 is 6.10 Å². The minimum absolute atomic E-state index is 0.0709. The van der Waals surface area contributed by atoms with Crippen LogP contribution in [0.4, 0.5) is 16.2 Å². The normalized spacial score (nSPS) is 22.0. The number of anilines is 2. The fourth-order valence-corrected chi connectivity index (χ4v) is 4.75. The van der Waals surface area contributed by atoms with Crippen molar-refractivity contribution in [1.82, 2.24) is 10.3 Å². The van der Waals surface area contributed by atoms with Crippen LogP contribution in [0.5, 0.6) is 5.75 Å². The SMILES string of the molecule is O=C(C[C@@H]1C[C@@H]2c3cc(NC(=O)Nc4ccccc4)ccc3O[C@@H]2[C@@H](CO)O1)NCc1ccccn1. The van der Waals surface area contributed by atoms with Crippen LogP contribution >= 0.6 is 0 Å². The minimum atomic E-state index is -0.553. The summed E-state index contributed by atoms with van der Waals surface area (Å²) in [7, 11) is 0. The largest absolute Gasteiger partial charge is 0.487 e. The van der Waals surface area contributed by atoms with Crippen LogP contribution < -0.4 is 20.7 Å². The molecule has 0 spiro atoms. The molecule has 0 saturated carbocycles. The van der Waals surface area contributed by atoms with Gasteiger partial charge in [-0.1, -0.05) is 24.3 Å². The number of aromatic nitrogens is 1. The maximum atomic E-state index is 12.6. The summed E-state index contributed by atoms with van der Waals surface area (Å²) in [5.74, 6) is 0.479. The highest BCUT2D eigenvalue weighted by atomic mass is 16.6. The third-order valence-corrected chi connectivity index (χ3v) is 6.39. The maximum absolute atomic E-state index is 12.6. The Kier molecular flexibility index (Phi) is 7.11. The number of hydrogen-bond acceptors (Lipinski definition) is 6. The van der Waals surface area contributed by atoms with Crippen molar-refractivity contribution in [3.63, 3.8) is 0 Å². The molecule has 36 heavy (non-hydrogen) atoms. The van der Waals surface area contributed by atoms with Crippen molar-refractivity contribution in [3.05, 3.63) is 84.2 Å². The summed E-state index contributed by atoms with van der Waals surface area (Å²) in [4.78, 5) is 29.2. The summed E-state index contributed by atoms with van der Waals surface area (Å²) in [6.07, 6.45) is 1.13. The number of ether oxygens (including phenoxy) is 2. The quantitative estimate of drug-likeness (QED) is 0.404. The molecule has 1 fully saturated rings. The second-order valence-corrected chi connectivity index (χ2v) is 8.90. The first-order valence-electron chi connectivity index (χ1n) is 12.0. The van der Waals surface area contributed by atoms with Gasteiger partial charge in [-0.3, -0.25) is 9.78 Å². The molecule has 2 aromatic carbocycles. The van der Waals surface area contributed by atoms with E-state index in [0.29, 0.717) is 30.1 Å². The number of carbonyl (C=O) groups is 2. The van der Waals surface area contributed by atoms with Crippen LogP contribution in [0.3, 0.4) is 0 Å². The molecule has 4 N–H and O–H groups in total. The molecule has 0 aliphatic carbocycles. The number of pyridine rings is 1. The average Bonchev–Trinajstić information content (AvgIpc) is 3.26. The van der Waals surface area contributed by atoms with Gasteiger partial charge in [0.2, 0.25) is 5.91 Å². The number of rotatable bonds is 7. The van der Waals surface area contributed by atoms with E-state index >= 15 is 0 Å². The Bertz CT molecular complexity index is 1210. The van der Waals surface area contributed by atoms with E-state index in [0.717, 1.165) is 11.3 Å². The van der Waals surface area contributed by atoms with Gasteiger partial charge in [0.05, 0.1) is 31.4 Å². The van der Waals surface area contributed by atoms with Crippen LogP contribution in [0.25, 0.3) is 0 Å². The molecule has 2 aliphatic heterocycles. The lowest BCUT2D eigenvalue weighted by molar-refractivity contribution is -0.142. The summed E-state index contributed by atoms with van der Waals surface area (Å²) in [5, 5.41) is 18.5. The number of carbonyl (C=O) groups excluding carboxylic acids is 2. The summed E-state index contributed by atoms with van der Waals surface area (Å²) < 4.78 is 12.1. The van der Waals surface area contributed by atoms with Crippen LogP contribution in [0.15, 0.2) is 72.9 Å². The predicted octanol–water partition coefficient (Wildman–Crippen LogP) is 3.43. The molecule has 0 unspecified atom stereocenters. The molecule has 3 heterocycles. The molecule has 3 aromatic rings. The van der Waals surface area contributed by atoms with Gasteiger partial charge in [-0.25, -0.2) is 4.79 Å². The first-order valence-corrected chi connectivity index (χ1v) is 12.0. The van der Waals surface area contributed by atoms with Gasteiger partial charge in [0.1, 0.15) is 18.0 Å². The number of fused-ring (bicyclic) bond motifs is 3. The topological polar surface area (TPSA) is 122 Å². The van der Waals surface area contributed by atoms with Crippen LogP contribution in [0, 0.1) is 0 Å². The lowest BCUT2D eigenvalue weighted by Crippen LogP contribution is -2.47. The van der Waals surface area contributed by atoms with E-state index in [-0.39, 0.29) is 43.1 Å².